The lowest BCUT2D eigenvalue weighted by Gasteiger charge is -2.09. The van der Waals surface area contributed by atoms with Crippen LogP contribution in [0.5, 0.6) is 0 Å². The van der Waals surface area contributed by atoms with Crippen LogP contribution in [0.25, 0.3) is 22.2 Å². The third-order valence-corrected chi connectivity index (χ3v) is 4.81. The highest BCUT2D eigenvalue weighted by molar-refractivity contribution is 6.30. The number of benzene rings is 3. The van der Waals surface area contributed by atoms with E-state index in [-0.39, 0.29) is 0 Å². The predicted molar refractivity (Wildman–Crippen MR) is 103 cm³/mol. The van der Waals surface area contributed by atoms with E-state index in [1.165, 1.54) is 33.3 Å². The van der Waals surface area contributed by atoms with Gasteiger partial charge in [-0.15, -0.1) is 0 Å². The molecule has 3 aromatic carbocycles. The van der Waals surface area contributed by atoms with Crippen molar-refractivity contribution in [2.45, 2.75) is 6.42 Å². The minimum Gasteiger partial charge on any atom is -0.343 e. The zero-order valence-corrected chi connectivity index (χ0v) is 14.3. The van der Waals surface area contributed by atoms with Crippen molar-refractivity contribution in [3.8, 4) is 11.3 Å². The summed E-state index contributed by atoms with van der Waals surface area (Å²) in [5, 5.41) is 2.09. The Hall–Kier alpha value is -2.51. The Morgan fingerprint density at radius 3 is 2.21 bits per heavy atom. The number of fused-ring (bicyclic) bond motifs is 1. The zero-order chi connectivity index (χ0) is 16.5. The molecule has 0 bridgehead atoms. The third kappa shape index (κ3) is 2.61. The van der Waals surface area contributed by atoms with E-state index in [0.717, 1.165) is 11.4 Å². The fraction of sp³-hybridized carbons (Fsp3) is 0.0909. The van der Waals surface area contributed by atoms with Gasteiger partial charge in [-0.2, -0.15) is 0 Å². The number of aryl methyl sites for hydroxylation is 1. The molecular formula is C22H18ClN. The zero-order valence-electron chi connectivity index (χ0n) is 13.5. The van der Waals surface area contributed by atoms with Gasteiger partial charge in [0.1, 0.15) is 0 Å². The Balaban J connectivity index is 1.93. The van der Waals surface area contributed by atoms with Crippen LogP contribution in [-0.2, 0) is 13.5 Å². The monoisotopic (exact) mass is 331 g/mol. The van der Waals surface area contributed by atoms with Gasteiger partial charge in [-0.1, -0.05) is 72.3 Å². The van der Waals surface area contributed by atoms with E-state index in [1.807, 2.05) is 12.1 Å². The molecule has 0 amide bonds. The lowest BCUT2D eigenvalue weighted by Crippen LogP contribution is -1.95. The highest BCUT2D eigenvalue weighted by atomic mass is 35.5. The topological polar surface area (TPSA) is 4.93 Å². The molecule has 2 heteroatoms. The normalized spacial score (nSPS) is 11.1. The van der Waals surface area contributed by atoms with Crippen molar-refractivity contribution in [2.24, 2.45) is 7.05 Å². The minimum absolute atomic E-state index is 0.778. The van der Waals surface area contributed by atoms with Crippen molar-refractivity contribution >= 4 is 22.5 Å². The average molecular weight is 332 g/mol. The predicted octanol–water partition coefficient (Wildman–Crippen LogP) is 6.09. The van der Waals surface area contributed by atoms with Crippen LogP contribution in [0.2, 0.25) is 5.02 Å². The molecule has 1 heterocycles. The second kappa shape index (κ2) is 6.18. The van der Waals surface area contributed by atoms with Crippen LogP contribution in [-0.4, -0.2) is 4.57 Å². The number of halogens is 1. The number of aromatic nitrogens is 1. The summed E-state index contributed by atoms with van der Waals surface area (Å²) < 4.78 is 2.30. The first kappa shape index (κ1) is 15.0. The van der Waals surface area contributed by atoms with Gasteiger partial charge >= 0.3 is 0 Å². The SMILES string of the molecule is Cn1c(-c2ccccc2)c(Cc2ccc(Cl)cc2)c2ccccc21. The van der Waals surface area contributed by atoms with Crippen molar-refractivity contribution in [1.82, 2.24) is 4.57 Å². The fourth-order valence-electron chi connectivity index (χ4n) is 3.42. The maximum atomic E-state index is 6.04. The standard InChI is InChI=1S/C22H18ClN/c1-24-21-10-6-5-9-19(21)20(15-16-11-13-18(23)14-12-16)22(24)17-7-3-2-4-8-17/h2-14H,15H2,1H3. The molecule has 4 rings (SSSR count). The quantitative estimate of drug-likeness (QED) is 0.428. The van der Waals surface area contributed by atoms with Gasteiger partial charge in [0.25, 0.3) is 0 Å². The van der Waals surface area contributed by atoms with Gasteiger partial charge in [-0.3, -0.25) is 0 Å². The lowest BCUT2D eigenvalue weighted by molar-refractivity contribution is 0.968. The van der Waals surface area contributed by atoms with Gasteiger partial charge in [0.05, 0.1) is 5.69 Å². The largest absolute Gasteiger partial charge is 0.343 e. The van der Waals surface area contributed by atoms with E-state index < -0.39 is 0 Å². The highest BCUT2D eigenvalue weighted by Gasteiger charge is 2.16. The molecule has 0 atom stereocenters. The Bertz CT molecular complexity index is 982. The van der Waals surface area contributed by atoms with Crippen molar-refractivity contribution in [1.29, 1.82) is 0 Å². The summed E-state index contributed by atoms with van der Waals surface area (Å²) in [5.74, 6) is 0. The van der Waals surface area contributed by atoms with Gasteiger partial charge in [0.2, 0.25) is 0 Å². The summed E-state index contributed by atoms with van der Waals surface area (Å²) >= 11 is 6.04. The Labute approximate surface area is 147 Å². The number of hydrogen-bond donors (Lipinski definition) is 0. The van der Waals surface area contributed by atoms with Crippen LogP contribution in [0.4, 0.5) is 0 Å². The molecule has 0 aliphatic heterocycles. The Morgan fingerprint density at radius 2 is 1.46 bits per heavy atom. The maximum absolute atomic E-state index is 6.04. The van der Waals surface area contributed by atoms with Gasteiger partial charge in [0, 0.05) is 29.4 Å². The number of hydrogen-bond acceptors (Lipinski definition) is 0. The summed E-state index contributed by atoms with van der Waals surface area (Å²) in [6, 6.07) is 27.4. The Morgan fingerprint density at radius 1 is 0.792 bits per heavy atom. The molecule has 4 aromatic rings. The van der Waals surface area contributed by atoms with Crippen LogP contribution >= 0.6 is 11.6 Å². The maximum Gasteiger partial charge on any atom is 0.0524 e. The second-order valence-electron chi connectivity index (χ2n) is 6.07. The molecule has 1 aromatic heterocycles. The molecule has 0 saturated heterocycles. The van der Waals surface area contributed by atoms with E-state index in [1.54, 1.807) is 0 Å². The lowest BCUT2D eigenvalue weighted by atomic mass is 9.98. The smallest absolute Gasteiger partial charge is 0.0524 e. The summed E-state index contributed by atoms with van der Waals surface area (Å²) in [6.45, 7) is 0. The number of nitrogens with zero attached hydrogens (tertiary/aromatic N) is 1. The molecule has 0 fully saturated rings. The van der Waals surface area contributed by atoms with Crippen LogP contribution in [0.3, 0.4) is 0 Å². The van der Waals surface area contributed by atoms with Gasteiger partial charge in [-0.25, -0.2) is 0 Å². The van der Waals surface area contributed by atoms with Gasteiger partial charge < -0.3 is 4.57 Å². The first-order chi connectivity index (χ1) is 11.7. The first-order valence-electron chi connectivity index (χ1n) is 8.10. The molecule has 0 N–H and O–H groups in total. The molecule has 0 unspecified atom stereocenters. The van der Waals surface area contributed by atoms with Crippen molar-refractivity contribution in [3.05, 3.63) is 95.0 Å². The molecule has 1 nitrogen and oxygen atoms in total. The molecule has 0 aliphatic rings. The Kier molecular flexibility index (Phi) is 3.87. The second-order valence-corrected chi connectivity index (χ2v) is 6.51. The number of rotatable bonds is 3. The van der Waals surface area contributed by atoms with Crippen molar-refractivity contribution < 1.29 is 0 Å². The molecular weight excluding hydrogens is 314 g/mol. The fourth-order valence-corrected chi connectivity index (χ4v) is 3.55. The third-order valence-electron chi connectivity index (χ3n) is 4.55. The molecule has 0 spiro atoms. The van der Waals surface area contributed by atoms with Crippen LogP contribution in [0.15, 0.2) is 78.9 Å². The summed E-state index contributed by atoms with van der Waals surface area (Å²) in [6.07, 6.45) is 0.892. The number of para-hydroxylation sites is 1. The van der Waals surface area contributed by atoms with Crippen LogP contribution in [0, 0.1) is 0 Å². The van der Waals surface area contributed by atoms with Crippen molar-refractivity contribution in [2.75, 3.05) is 0 Å². The molecule has 24 heavy (non-hydrogen) atoms. The average Bonchev–Trinajstić information content (AvgIpc) is 2.90. The van der Waals surface area contributed by atoms with Crippen molar-refractivity contribution in [3.63, 3.8) is 0 Å². The minimum atomic E-state index is 0.778. The summed E-state index contributed by atoms with van der Waals surface area (Å²) in [4.78, 5) is 0. The molecule has 0 radical (unpaired) electrons. The van der Waals surface area contributed by atoms with E-state index in [9.17, 15) is 0 Å². The molecule has 118 valence electrons. The van der Waals surface area contributed by atoms with E-state index >= 15 is 0 Å². The summed E-state index contributed by atoms with van der Waals surface area (Å²) in [5.41, 5.74) is 6.43. The highest BCUT2D eigenvalue weighted by Crippen LogP contribution is 2.34. The van der Waals surface area contributed by atoms with Gasteiger partial charge in [0.15, 0.2) is 0 Å². The summed E-state index contributed by atoms with van der Waals surface area (Å²) in [7, 11) is 2.15. The van der Waals surface area contributed by atoms with Crippen LogP contribution < -0.4 is 0 Å². The van der Waals surface area contributed by atoms with E-state index in [0.29, 0.717) is 0 Å². The van der Waals surface area contributed by atoms with Gasteiger partial charge in [-0.05, 0) is 34.9 Å². The van der Waals surface area contributed by atoms with Crippen LogP contribution in [0.1, 0.15) is 11.1 Å². The molecule has 0 saturated carbocycles. The molecule has 0 aliphatic carbocycles. The van der Waals surface area contributed by atoms with E-state index in [2.05, 4.69) is 78.3 Å². The van der Waals surface area contributed by atoms with E-state index in [4.69, 9.17) is 11.6 Å². The first-order valence-corrected chi connectivity index (χ1v) is 8.48.